The molecule has 3 rings (SSSR count). The molecule has 148 valence electrons. The van der Waals surface area contributed by atoms with Crippen LogP contribution in [-0.4, -0.2) is 48.4 Å². The first-order valence-corrected chi connectivity index (χ1v) is 9.87. The van der Waals surface area contributed by atoms with E-state index in [4.69, 9.17) is 16.3 Å². The van der Waals surface area contributed by atoms with E-state index in [1.807, 2.05) is 19.9 Å². The highest BCUT2D eigenvalue weighted by atomic mass is 35.5. The Labute approximate surface area is 170 Å². The van der Waals surface area contributed by atoms with Crippen molar-refractivity contribution in [1.82, 2.24) is 4.90 Å². The Morgan fingerprint density at radius 2 is 1.79 bits per heavy atom. The normalized spacial score (nSPS) is 20.0. The minimum Gasteiger partial charge on any atom is -0.373 e. The average Bonchev–Trinajstić information content (AvgIpc) is 2.67. The molecular formula is C22H25ClN2O3. The third kappa shape index (κ3) is 5.41. The second-order valence-corrected chi connectivity index (χ2v) is 7.64. The van der Waals surface area contributed by atoms with Crippen molar-refractivity contribution in [2.75, 3.05) is 25.0 Å². The van der Waals surface area contributed by atoms with Crippen molar-refractivity contribution >= 4 is 29.0 Å². The van der Waals surface area contributed by atoms with Gasteiger partial charge in [0, 0.05) is 42.2 Å². The molecule has 1 aliphatic rings. The van der Waals surface area contributed by atoms with Crippen molar-refractivity contribution in [2.24, 2.45) is 0 Å². The molecule has 0 aliphatic carbocycles. The Bertz CT molecular complexity index is 831. The van der Waals surface area contributed by atoms with Crippen LogP contribution >= 0.6 is 11.6 Å². The molecule has 1 saturated heterocycles. The topological polar surface area (TPSA) is 58.6 Å². The molecule has 0 radical (unpaired) electrons. The lowest BCUT2D eigenvalue weighted by Crippen LogP contribution is -2.46. The zero-order chi connectivity index (χ0) is 20.1. The van der Waals surface area contributed by atoms with Crippen LogP contribution in [0.4, 0.5) is 5.69 Å². The van der Waals surface area contributed by atoms with Gasteiger partial charge in [-0.25, -0.2) is 0 Å². The van der Waals surface area contributed by atoms with Gasteiger partial charge in [-0.15, -0.1) is 0 Å². The number of ether oxygens (including phenoxy) is 1. The second kappa shape index (κ2) is 9.32. The highest BCUT2D eigenvalue weighted by Crippen LogP contribution is 2.24. The third-order valence-electron chi connectivity index (χ3n) is 4.69. The van der Waals surface area contributed by atoms with Crippen molar-refractivity contribution < 1.29 is 14.3 Å². The summed E-state index contributed by atoms with van der Waals surface area (Å²) in [5.41, 5.74) is 1.42. The Kier molecular flexibility index (Phi) is 6.83. The quantitative estimate of drug-likeness (QED) is 0.744. The standard InChI is InChI=1S/C22H25ClN2O3/c1-15-13-25(14-16(2)28-15)11-10-21(26)24-20-9-8-18(23)12-19(20)22(27)17-6-4-3-5-7-17/h3-9,12,15-16H,10-11,13-14H2,1-2H3,(H,24,26)/t15-,16-/m1/s1. The van der Waals surface area contributed by atoms with E-state index >= 15 is 0 Å². The Morgan fingerprint density at radius 3 is 2.46 bits per heavy atom. The molecule has 5 nitrogen and oxygen atoms in total. The van der Waals surface area contributed by atoms with Crippen LogP contribution in [-0.2, 0) is 9.53 Å². The van der Waals surface area contributed by atoms with Crippen molar-refractivity contribution in [3.8, 4) is 0 Å². The van der Waals surface area contributed by atoms with Gasteiger partial charge in [0.05, 0.1) is 17.9 Å². The van der Waals surface area contributed by atoms with E-state index < -0.39 is 0 Å². The van der Waals surface area contributed by atoms with E-state index in [-0.39, 0.29) is 23.9 Å². The molecule has 0 bridgehead atoms. The highest BCUT2D eigenvalue weighted by molar-refractivity contribution is 6.31. The first-order valence-electron chi connectivity index (χ1n) is 9.49. The van der Waals surface area contributed by atoms with Crippen molar-refractivity contribution in [2.45, 2.75) is 32.5 Å². The summed E-state index contributed by atoms with van der Waals surface area (Å²) in [6.45, 7) is 6.36. The molecule has 6 heteroatoms. The zero-order valence-electron chi connectivity index (χ0n) is 16.2. The number of benzene rings is 2. The van der Waals surface area contributed by atoms with Crippen LogP contribution in [0.2, 0.25) is 5.02 Å². The van der Waals surface area contributed by atoms with E-state index in [1.165, 1.54) is 0 Å². The minimum absolute atomic E-state index is 0.128. The number of anilines is 1. The van der Waals surface area contributed by atoms with Crippen LogP contribution < -0.4 is 5.32 Å². The van der Waals surface area contributed by atoms with Crippen LogP contribution in [0.3, 0.4) is 0 Å². The minimum atomic E-state index is -0.172. The fraction of sp³-hybridized carbons (Fsp3) is 0.364. The molecular weight excluding hydrogens is 376 g/mol. The zero-order valence-corrected chi connectivity index (χ0v) is 16.9. The predicted octanol–water partition coefficient (Wildman–Crippen LogP) is 4.01. The monoisotopic (exact) mass is 400 g/mol. The molecule has 2 atom stereocenters. The van der Waals surface area contributed by atoms with Crippen molar-refractivity contribution in [3.05, 3.63) is 64.7 Å². The molecule has 0 aromatic heterocycles. The maximum atomic E-state index is 12.8. The molecule has 0 unspecified atom stereocenters. The Balaban J connectivity index is 1.67. The highest BCUT2D eigenvalue weighted by Gasteiger charge is 2.22. The number of carbonyl (C=O) groups excluding carboxylic acids is 2. The van der Waals surface area contributed by atoms with E-state index in [9.17, 15) is 9.59 Å². The Morgan fingerprint density at radius 1 is 1.11 bits per heavy atom. The number of amides is 1. The molecule has 2 aromatic carbocycles. The average molecular weight is 401 g/mol. The van der Waals surface area contributed by atoms with E-state index in [1.54, 1.807) is 42.5 Å². The van der Waals surface area contributed by atoms with Crippen molar-refractivity contribution in [1.29, 1.82) is 0 Å². The van der Waals surface area contributed by atoms with Crippen LogP contribution in [0.5, 0.6) is 0 Å². The van der Waals surface area contributed by atoms with Gasteiger partial charge in [-0.3, -0.25) is 14.5 Å². The lowest BCUT2D eigenvalue weighted by atomic mass is 10.0. The van der Waals surface area contributed by atoms with Crippen LogP contribution in [0, 0.1) is 0 Å². The second-order valence-electron chi connectivity index (χ2n) is 7.20. The predicted molar refractivity (Wildman–Crippen MR) is 111 cm³/mol. The van der Waals surface area contributed by atoms with Crippen LogP contribution in [0.1, 0.15) is 36.2 Å². The van der Waals surface area contributed by atoms with Crippen LogP contribution in [0.25, 0.3) is 0 Å². The van der Waals surface area contributed by atoms with Gasteiger partial charge in [-0.05, 0) is 32.0 Å². The summed E-state index contributed by atoms with van der Waals surface area (Å²) in [7, 11) is 0. The van der Waals surface area contributed by atoms with Gasteiger partial charge in [0.1, 0.15) is 0 Å². The number of nitrogens with zero attached hydrogens (tertiary/aromatic N) is 1. The first kappa shape index (κ1) is 20.5. The summed E-state index contributed by atoms with van der Waals surface area (Å²) in [5.74, 6) is -0.300. The fourth-order valence-electron chi connectivity index (χ4n) is 3.50. The number of rotatable bonds is 6. The van der Waals surface area contributed by atoms with Crippen LogP contribution in [0.15, 0.2) is 48.5 Å². The maximum Gasteiger partial charge on any atom is 0.225 e. The number of morpholine rings is 1. The van der Waals surface area contributed by atoms with Gasteiger partial charge in [0.15, 0.2) is 5.78 Å². The number of nitrogens with one attached hydrogen (secondary N) is 1. The Hall–Kier alpha value is -2.21. The summed E-state index contributed by atoms with van der Waals surface area (Å²) in [6.07, 6.45) is 0.678. The van der Waals surface area contributed by atoms with E-state index in [2.05, 4.69) is 10.2 Å². The van der Waals surface area contributed by atoms with Gasteiger partial charge < -0.3 is 10.1 Å². The van der Waals surface area contributed by atoms with Crippen molar-refractivity contribution in [3.63, 3.8) is 0 Å². The molecule has 0 spiro atoms. The molecule has 2 aromatic rings. The number of halogens is 1. The number of carbonyl (C=O) groups is 2. The molecule has 1 heterocycles. The summed E-state index contributed by atoms with van der Waals surface area (Å²) in [5, 5.41) is 3.33. The number of hydrogen-bond acceptors (Lipinski definition) is 4. The van der Waals surface area contributed by atoms with Gasteiger partial charge in [-0.2, -0.15) is 0 Å². The lowest BCUT2D eigenvalue weighted by Gasteiger charge is -2.35. The summed E-state index contributed by atoms with van der Waals surface area (Å²) in [4.78, 5) is 27.6. The molecule has 0 saturated carbocycles. The molecule has 28 heavy (non-hydrogen) atoms. The maximum absolute atomic E-state index is 12.8. The van der Waals surface area contributed by atoms with E-state index in [0.29, 0.717) is 34.8 Å². The van der Waals surface area contributed by atoms with Gasteiger partial charge in [0.25, 0.3) is 0 Å². The van der Waals surface area contributed by atoms with Gasteiger partial charge >= 0.3 is 0 Å². The fourth-order valence-corrected chi connectivity index (χ4v) is 3.67. The molecule has 1 amide bonds. The summed E-state index contributed by atoms with van der Waals surface area (Å²) >= 11 is 6.09. The smallest absolute Gasteiger partial charge is 0.225 e. The summed E-state index contributed by atoms with van der Waals surface area (Å²) in [6, 6.07) is 13.9. The third-order valence-corrected chi connectivity index (χ3v) is 4.92. The molecule has 1 fully saturated rings. The van der Waals surface area contributed by atoms with Gasteiger partial charge in [0.2, 0.25) is 5.91 Å². The van der Waals surface area contributed by atoms with E-state index in [0.717, 1.165) is 13.1 Å². The SMILES string of the molecule is C[C@@H]1CN(CCC(=O)Nc2ccc(Cl)cc2C(=O)c2ccccc2)C[C@@H](C)O1. The molecule has 1 aliphatic heterocycles. The number of hydrogen-bond donors (Lipinski definition) is 1. The van der Waals surface area contributed by atoms with Gasteiger partial charge in [-0.1, -0.05) is 41.9 Å². The molecule has 1 N–H and O–H groups in total. The summed E-state index contributed by atoms with van der Waals surface area (Å²) < 4.78 is 5.72. The lowest BCUT2D eigenvalue weighted by molar-refractivity contribution is -0.117. The largest absolute Gasteiger partial charge is 0.373 e. The number of ketones is 1. The first-order chi connectivity index (χ1) is 13.4.